The third-order valence-electron chi connectivity index (χ3n) is 4.21. The van der Waals surface area contributed by atoms with E-state index in [-0.39, 0.29) is 35.9 Å². The molecule has 0 fully saturated rings. The van der Waals surface area contributed by atoms with Crippen molar-refractivity contribution in [3.63, 3.8) is 0 Å². The normalized spacial score (nSPS) is 14.8. The fourth-order valence-electron chi connectivity index (χ4n) is 3.11. The van der Waals surface area contributed by atoms with Gasteiger partial charge < -0.3 is 24.8 Å². The summed E-state index contributed by atoms with van der Waals surface area (Å²) in [5, 5.41) is 0. The van der Waals surface area contributed by atoms with E-state index in [4.69, 9.17) is 0 Å². The van der Waals surface area contributed by atoms with Crippen LogP contribution in [0.15, 0.2) is 42.0 Å². The van der Waals surface area contributed by atoms with Gasteiger partial charge in [-0.05, 0) is 0 Å². The number of hydrogen-bond acceptors (Lipinski definition) is 1. The van der Waals surface area contributed by atoms with Crippen molar-refractivity contribution in [1.82, 2.24) is 3.38 Å². The molecule has 0 spiro atoms. The molecule has 0 saturated heterocycles. The smallest absolute Gasteiger partial charge is 1.00 e. The maximum atomic E-state index is 2.47. The van der Waals surface area contributed by atoms with Gasteiger partial charge in [0.1, 0.15) is 0 Å². The Kier molecular flexibility index (Phi) is 8.34. The van der Waals surface area contributed by atoms with Crippen LogP contribution in [0.3, 0.4) is 0 Å². The van der Waals surface area contributed by atoms with Gasteiger partial charge in [-0.25, -0.2) is 0 Å². The Morgan fingerprint density at radius 1 is 1.00 bits per heavy atom. The van der Waals surface area contributed by atoms with E-state index in [1.807, 2.05) is 0 Å². The molecule has 0 unspecified atom stereocenters. The van der Waals surface area contributed by atoms with Crippen LogP contribution in [0.5, 0.6) is 0 Å². The summed E-state index contributed by atoms with van der Waals surface area (Å²) < 4.78 is 2.47. The summed E-state index contributed by atoms with van der Waals surface area (Å²) in [6, 6.07) is 8.87. The van der Waals surface area contributed by atoms with E-state index in [0.29, 0.717) is 0 Å². The molecule has 0 radical (unpaired) electrons. The second-order valence-electron chi connectivity index (χ2n) is 7.43. The summed E-state index contributed by atoms with van der Waals surface area (Å²) in [5.41, 5.74) is 5.75. The molecule has 4 heteroatoms. The van der Waals surface area contributed by atoms with Gasteiger partial charge in [0.2, 0.25) is 0 Å². The van der Waals surface area contributed by atoms with E-state index in [1.165, 1.54) is 22.3 Å². The molecule has 0 amide bonds. The van der Waals surface area contributed by atoms with E-state index >= 15 is 0 Å². The summed E-state index contributed by atoms with van der Waals surface area (Å²) in [6.45, 7) is 13.7. The molecule has 0 N–H and O–H groups in total. The van der Waals surface area contributed by atoms with Crippen LogP contribution in [0.4, 0.5) is 0 Å². The Labute approximate surface area is 166 Å². The molecule has 0 bridgehead atoms. The maximum absolute atomic E-state index is 2.47. The molecule has 0 saturated carbocycles. The van der Waals surface area contributed by atoms with Crippen LogP contribution in [-0.4, -0.2) is 8.92 Å². The molecule has 1 aromatic rings. The third-order valence-corrected chi connectivity index (χ3v) is 6.13. The van der Waals surface area contributed by atoms with Crippen molar-refractivity contribution in [3.8, 4) is 0 Å². The molecule has 0 aromatic heterocycles. The zero-order chi connectivity index (χ0) is 15.8. The molecule has 0 heterocycles. The van der Waals surface area contributed by atoms with Crippen LogP contribution in [0.1, 0.15) is 59.1 Å². The molecule has 1 aromatic carbocycles. The summed E-state index contributed by atoms with van der Waals surface area (Å²) >= 11 is 2.23. The van der Waals surface area contributed by atoms with Crippen molar-refractivity contribution in [2.24, 2.45) is 0 Å². The maximum Gasteiger partial charge on any atom is -1.00 e. The SMILES string of the molecule is CC1=CCC(c2ccccc2C(C)(C)[N]([Ti+2])C(C)(C)C)=C1.[Cl-].[Cl-]. The van der Waals surface area contributed by atoms with Gasteiger partial charge in [-0.3, -0.25) is 0 Å². The molecule has 1 aliphatic rings. The fourth-order valence-corrected chi connectivity index (χ4v) is 3.30. The predicted octanol–water partition coefficient (Wildman–Crippen LogP) is -0.775. The first kappa shape index (κ1) is 23.0. The molecule has 1 aliphatic carbocycles. The van der Waals surface area contributed by atoms with Gasteiger partial charge in [-0.1, -0.05) is 0 Å². The quantitative estimate of drug-likeness (QED) is 0.616. The molecule has 125 valence electrons. The van der Waals surface area contributed by atoms with Gasteiger partial charge in [0.25, 0.3) is 0 Å². The number of halogens is 2. The first-order valence-corrected chi connectivity index (χ1v) is 8.32. The van der Waals surface area contributed by atoms with Gasteiger partial charge in [-0.15, -0.1) is 0 Å². The standard InChI is InChI=1S/C19H26N.2ClH.Ti/c1-14-11-12-15(13-14)16-9-7-8-10-17(16)19(5,6)20-18(2,3)4;;;/h7-11,13H,12H2,1-6H3;2*1H;/q-1;;;+3/p-2. The van der Waals surface area contributed by atoms with Crippen LogP contribution in [0, 0.1) is 0 Å². The first-order chi connectivity index (χ1) is 9.64. The van der Waals surface area contributed by atoms with E-state index in [0.717, 1.165) is 6.42 Å². The van der Waals surface area contributed by atoms with Crippen LogP contribution in [0.2, 0.25) is 0 Å². The second kappa shape index (κ2) is 8.36. The predicted molar refractivity (Wildman–Crippen MR) is 87.4 cm³/mol. The average molecular weight is 387 g/mol. The van der Waals surface area contributed by atoms with Crippen molar-refractivity contribution in [1.29, 1.82) is 0 Å². The molecule has 0 atom stereocenters. The number of benzene rings is 1. The zero-order valence-electron chi connectivity index (χ0n) is 14.9. The van der Waals surface area contributed by atoms with Gasteiger partial charge >= 0.3 is 142 Å². The van der Waals surface area contributed by atoms with Crippen molar-refractivity contribution >= 4 is 5.57 Å². The minimum atomic E-state index is -0.00776. The monoisotopic (exact) mass is 386 g/mol. The Hall–Kier alpha value is -0.0457. The Morgan fingerprint density at radius 2 is 1.57 bits per heavy atom. The third kappa shape index (κ3) is 4.97. The van der Waals surface area contributed by atoms with Crippen LogP contribution in [-0.2, 0) is 26.2 Å². The van der Waals surface area contributed by atoms with E-state index in [9.17, 15) is 0 Å². The van der Waals surface area contributed by atoms with Crippen molar-refractivity contribution in [2.45, 2.75) is 59.0 Å². The molecule has 2 rings (SSSR count). The molecule has 0 aliphatic heterocycles. The Balaban J connectivity index is 0.00000242. The largest absolute Gasteiger partial charge is 1.00 e. The zero-order valence-corrected chi connectivity index (χ0v) is 17.9. The van der Waals surface area contributed by atoms with Crippen molar-refractivity contribution < 1.29 is 45.5 Å². The number of allylic oxidation sites excluding steroid dienone is 4. The first-order valence-electron chi connectivity index (χ1n) is 7.63. The minimum absolute atomic E-state index is 0. The van der Waals surface area contributed by atoms with Crippen molar-refractivity contribution in [3.05, 3.63) is 53.1 Å². The Morgan fingerprint density at radius 3 is 2.04 bits per heavy atom. The van der Waals surface area contributed by atoms with Crippen molar-refractivity contribution in [2.75, 3.05) is 0 Å². The van der Waals surface area contributed by atoms with Gasteiger partial charge in [-0.2, -0.15) is 0 Å². The number of nitrogens with zero attached hydrogens (tertiary/aromatic N) is 1. The van der Waals surface area contributed by atoms with E-state index < -0.39 is 0 Å². The molecular weight excluding hydrogens is 361 g/mol. The second-order valence-corrected chi connectivity index (χ2v) is 8.13. The minimum Gasteiger partial charge on any atom is -1.00 e. The number of rotatable bonds is 3. The van der Waals surface area contributed by atoms with Crippen LogP contribution < -0.4 is 24.8 Å². The van der Waals surface area contributed by atoms with E-state index in [2.05, 4.69) is 102 Å². The van der Waals surface area contributed by atoms with E-state index in [1.54, 1.807) is 0 Å². The van der Waals surface area contributed by atoms with Gasteiger partial charge in [0.15, 0.2) is 0 Å². The summed E-state index contributed by atoms with van der Waals surface area (Å²) in [6.07, 6.45) is 5.69. The summed E-state index contributed by atoms with van der Waals surface area (Å²) in [5.74, 6) is 0. The van der Waals surface area contributed by atoms with Gasteiger partial charge in [0, 0.05) is 0 Å². The van der Waals surface area contributed by atoms with Crippen LogP contribution >= 0.6 is 0 Å². The van der Waals surface area contributed by atoms with Gasteiger partial charge in [0.05, 0.1) is 0 Å². The topological polar surface area (TPSA) is 3.24 Å². The number of hydrogen-bond donors (Lipinski definition) is 0. The Bertz CT molecular complexity index is 598. The average Bonchev–Trinajstić information content (AvgIpc) is 2.83. The summed E-state index contributed by atoms with van der Waals surface area (Å²) in [4.78, 5) is 0. The van der Waals surface area contributed by atoms with Crippen LogP contribution in [0.25, 0.3) is 5.57 Å². The molecule has 23 heavy (non-hydrogen) atoms. The molecule has 1 nitrogen and oxygen atoms in total. The fraction of sp³-hybridized carbons (Fsp3) is 0.474. The molecular formula is C19H26Cl2NTi. The summed E-state index contributed by atoms with van der Waals surface area (Å²) in [7, 11) is 0.